The fraction of sp³-hybridized carbons (Fsp3) is 0.583. The van der Waals surface area contributed by atoms with Gasteiger partial charge < -0.3 is 4.74 Å². The van der Waals surface area contributed by atoms with Gasteiger partial charge in [-0.2, -0.15) is 0 Å². The van der Waals surface area contributed by atoms with Crippen molar-refractivity contribution in [3.63, 3.8) is 0 Å². The van der Waals surface area contributed by atoms with Crippen LogP contribution in [0.25, 0.3) is 0 Å². The van der Waals surface area contributed by atoms with E-state index in [2.05, 4.69) is 0 Å². The second-order valence-corrected chi connectivity index (χ2v) is 5.38. The van der Waals surface area contributed by atoms with E-state index in [1.807, 2.05) is 12.2 Å². The first-order chi connectivity index (χ1) is 9.07. The zero-order valence-corrected chi connectivity index (χ0v) is 10.5. The number of nitrogens with zero attached hydrogens (tertiary/aromatic N) is 3. The predicted octanol–water partition coefficient (Wildman–Crippen LogP) is -0.951. The van der Waals surface area contributed by atoms with Crippen LogP contribution in [0.2, 0.25) is 0 Å². The molecule has 1 aromatic rings. The molecule has 2 bridgehead atoms. The molecule has 0 N–H and O–H groups in total. The highest BCUT2D eigenvalue weighted by atomic mass is 16.5. The van der Waals surface area contributed by atoms with Crippen LogP contribution in [0, 0.1) is 17.8 Å². The van der Waals surface area contributed by atoms with Gasteiger partial charge in [0.05, 0.1) is 25.1 Å². The van der Waals surface area contributed by atoms with Crippen molar-refractivity contribution in [1.29, 1.82) is 0 Å². The molecule has 19 heavy (non-hydrogen) atoms. The van der Waals surface area contributed by atoms with E-state index in [-0.39, 0.29) is 47.2 Å². The van der Waals surface area contributed by atoms with Crippen molar-refractivity contribution in [2.75, 3.05) is 7.11 Å². The lowest BCUT2D eigenvalue weighted by molar-refractivity contribution is -0.142. The fourth-order valence-corrected chi connectivity index (χ4v) is 3.78. The summed E-state index contributed by atoms with van der Waals surface area (Å²) >= 11 is 0. The molecule has 7 heteroatoms. The van der Waals surface area contributed by atoms with E-state index >= 15 is 0 Å². The zero-order chi connectivity index (χ0) is 13.5. The molecule has 0 spiro atoms. The Hall–Kier alpha value is -2.05. The number of aromatic nitrogens is 3. The quantitative estimate of drug-likeness (QED) is 0.483. The second kappa shape index (κ2) is 3.09. The smallest absolute Gasteiger partial charge is 0.347 e. The van der Waals surface area contributed by atoms with E-state index < -0.39 is 0 Å². The monoisotopic (exact) mass is 263 g/mol. The maximum absolute atomic E-state index is 12.1. The molecule has 4 aliphatic rings. The number of allylic oxidation sites excluding steroid dienone is 2. The van der Waals surface area contributed by atoms with Gasteiger partial charge in [0.2, 0.25) is 0 Å². The lowest BCUT2D eigenvalue weighted by Crippen LogP contribution is -2.40. The molecule has 7 nitrogen and oxygen atoms in total. The van der Waals surface area contributed by atoms with Crippen molar-refractivity contribution in [1.82, 2.24) is 13.9 Å². The standard InChI is InChI=1S/C12H13N3O4/c1-13-11(17)14-5-3-4-6(15(14)12(13)18)8-7(5)9(8)10(16)19-2/h3-9H,1-2H3/t5-,6+,7-,8+,9?. The largest absolute Gasteiger partial charge is 0.469 e. The number of carbonyl (C=O) groups excluding carboxylic acids is 1. The number of methoxy groups -OCH3 is 1. The maximum Gasteiger partial charge on any atom is 0.347 e. The lowest BCUT2D eigenvalue weighted by Gasteiger charge is -2.32. The average molecular weight is 263 g/mol. The Morgan fingerprint density at radius 3 is 2.00 bits per heavy atom. The lowest BCUT2D eigenvalue weighted by atomic mass is 9.96. The van der Waals surface area contributed by atoms with Gasteiger partial charge in [-0.1, -0.05) is 12.2 Å². The van der Waals surface area contributed by atoms with Crippen LogP contribution in [-0.4, -0.2) is 27.0 Å². The summed E-state index contributed by atoms with van der Waals surface area (Å²) < 4.78 is 8.89. The van der Waals surface area contributed by atoms with E-state index in [0.29, 0.717) is 0 Å². The number of esters is 1. The van der Waals surface area contributed by atoms with Crippen LogP contribution < -0.4 is 11.4 Å². The Morgan fingerprint density at radius 2 is 1.58 bits per heavy atom. The van der Waals surface area contributed by atoms with Gasteiger partial charge in [-0.25, -0.2) is 23.5 Å². The number of rotatable bonds is 1. The summed E-state index contributed by atoms with van der Waals surface area (Å²) in [6.45, 7) is 0. The van der Waals surface area contributed by atoms with Crippen LogP contribution in [0.3, 0.4) is 0 Å². The molecule has 0 saturated heterocycles. The average Bonchev–Trinajstić information content (AvgIpc) is 3.15. The molecular formula is C12H13N3O4. The van der Waals surface area contributed by atoms with Crippen molar-refractivity contribution < 1.29 is 9.53 Å². The fourth-order valence-electron chi connectivity index (χ4n) is 3.78. The van der Waals surface area contributed by atoms with E-state index in [1.165, 1.54) is 23.5 Å². The Labute approximate surface area is 107 Å². The topological polar surface area (TPSA) is 75.2 Å². The zero-order valence-electron chi connectivity index (χ0n) is 10.5. The van der Waals surface area contributed by atoms with E-state index in [4.69, 9.17) is 4.74 Å². The summed E-state index contributed by atoms with van der Waals surface area (Å²) in [6, 6.07) is -0.416. The molecule has 2 aliphatic heterocycles. The Bertz CT molecular complexity index is 686. The highest BCUT2D eigenvalue weighted by Crippen LogP contribution is 2.63. The molecule has 2 aliphatic carbocycles. The summed E-state index contributed by atoms with van der Waals surface area (Å²) in [4.78, 5) is 35.9. The maximum atomic E-state index is 12.1. The van der Waals surface area contributed by atoms with Gasteiger partial charge in [0, 0.05) is 18.9 Å². The number of hydrogen-bond donors (Lipinski definition) is 0. The first-order valence-corrected chi connectivity index (χ1v) is 6.24. The summed E-state index contributed by atoms with van der Waals surface area (Å²) in [5, 5.41) is 0. The van der Waals surface area contributed by atoms with Gasteiger partial charge in [-0.3, -0.25) is 4.79 Å². The number of ether oxygens (including phenoxy) is 1. The first-order valence-electron chi connectivity index (χ1n) is 6.24. The predicted molar refractivity (Wildman–Crippen MR) is 63.6 cm³/mol. The first kappa shape index (κ1) is 10.8. The van der Waals surface area contributed by atoms with Crippen LogP contribution in [-0.2, 0) is 16.6 Å². The van der Waals surface area contributed by atoms with Gasteiger partial charge >= 0.3 is 17.3 Å². The number of carbonyl (C=O) groups is 1. The molecule has 0 aromatic carbocycles. The summed E-state index contributed by atoms with van der Waals surface area (Å²) in [7, 11) is 2.85. The third kappa shape index (κ3) is 1.03. The van der Waals surface area contributed by atoms with Crippen LogP contribution in [0.1, 0.15) is 12.1 Å². The molecule has 1 aromatic heterocycles. The van der Waals surface area contributed by atoms with Gasteiger partial charge in [-0.15, -0.1) is 0 Å². The van der Waals surface area contributed by atoms with Gasteiger partial charge in [0.15, 0.2) is 0 Å². The van der Waals surface area contributed by atoms with Crippen LogP contribution >= 0.6 is 0 Å². The van der Waals surface area contributed by atoms with Crippen molar-refractivity contribution in [3.8, 4) is 0 Å². The summed E-state index contributed by atoms with van der Waals surface area (Å²) in [5.74, 6) is -0.278. The molecule has 1 saturated carbocycles. The minimum atomic E-state index is -0.321. The highest BCUT2D eigenvalue weighted by Gasteiger charge is 2.67. The molecule has 5 rings (SSSR count). The molecule has 5 atom stereocenters. The molecular weight excluding hydrogens is 250 g/mol. The number of hydrogen-bond acceptors (Lipinski definition) is 4. The molecule has 0 amide bonds. The molecule has 100 valence electrons. The SMILES string of the molecule is COC(=O)C1[C@@H]2[C@H]1[C@H]1C=C[C@@H]2n2c(=O)n(C)c(=O)n21. The second-order valence-electron chi connectivity index (χ2n) is 5.38. The Morgan fingerprint density at radius 1 is 1.11 bits per heavy atom. The van der Waals surface area contributed by atoms with Crippen LogP contribution in [0.15, 0.2) is 21.7 Å². The molecule has 3 heterocycles. The Balaban J connectivity index is 1.89. The molecule has 0 radical (unpaired) electrons. The third-order valence-electron chi connectivity index (χ3n) is 4.66. The van der Waals surface area contributed by atoms with E-state index in [1.54, 1.807) is 0 Å². The van der Waals surface area contributed by atoms with Gasteiger partial charge in [-0.05, 0) is 0 Å². The van der Waals surface area contributed by atoms with Crippen molar-refractivity contribution in [2.45, 2.75) is 12.1 Å². The van der Waals surface area contributed by atoms with Crippen molar-refractivity contribution in [2.24, 2.45) is 24.8 Å². The minimum Gasteiger partial charge on any atom is -0.469 e. The summed E-state index contributed by atoms with van der Waals surface area (Å²) in [5.41, 5.74) is -0.642. The van der Waals surface area contributed by atoms with E-state index in [0.717, 1.165) is 4.57 Å². The highest BCUT2D eigenvalue weighted by molar-refractivity contribution is 5.77. The van der Waals surface area contributed by atoms with E-state index in [9.17, 15) is 14.4 Å². The molecule has 1 fully saturated rings. The van der Waals surface area contributed by atoms with Crippen LogP contribution in [0.4, 0.5) is 0 Å². The van der Waals surface area contributed by atoms with Crippen LogP contribution in [0.5, 0.6) is 0 Å². The Kier molecular flexibility index (Phi) is 1.76. The molecule has 1 unspecified atom stereocenters. The van der Waals surface area contributed by atoms with Crippen molar-refractivity contribution >= 4 is 5.97 Å². The van der Waals surface area contributed by atoms with Gasteiger partial charge in [0.25, 0.3) is 0 Å². The third-order valence-corrected chi connectivity index (χ3v) is 4.66. The minimum absolute atomic E-state index is 0.0851. The summed E-state index contributed by atoms with van der Waals surface area (Å²) in [6.07, 6.45) is 3.85. The van der Waals surface area contributed by atoms with Gasteiger partial charge in [0.1, 0.15) is 0 Å². The van der Waals surface area contributed by atoms with Crippen molar-refractivity contribution in [3.05, 3.63) is 33.1 Å². The normalized spacial score (nSPS) is 36.8.